The Hall–Kier alpha value is -3.36. The number of carbonyl (C=O) groups is 3. The summed E-state index contributed by atoms with van der Waals surface area (Å²) in [6.45, 7) is 7.53. The molecular formula is C37H50N2O5S. The first-order valence-electron chi connectivity index (χ1n) is 16.1. The average Bonchev–Trinajstić information content (AvgIpc) is 3.52. The lowest BCUT2D eigenvalue weighted by atomic mass is 9.94. The second-order valence-electron chi connectivity index (χ2n) is 12.1. The molecule has 0 saturated heterocycles. The van der Waals surface area contributed by atoms with Gasteiger partial charge in [-0.2, -0.15) is 11.8 Å². The molecule has 0 radical (unpaired) electrons. The van der Waals surface area contributed by atoms with E-state index in [-0.39, 0.29) is 43.3 Å². The summed E-state index contributed by atoms with van der Waals surface area (Å²) in [4.78, 5) is 39.9. The molecule has 1 aliphatic rings. The molecule has 0 aliphatic heterocycles. The highest BCUT2D eigenvalue weighted by molar-refractivity contribution is 7.98. The molecule has 2 aromatic carbocycles. The molecule has 3 N–H and O–H groups in total. The molecule has 244 valence electrons. The highest BCUT2D eigenvalue weighted by Crippen LogP contribution is 2.29. The number of ether oxygens (including phenoxy) is 1. The van der Waals surface area contributed by atoms with Crippen LogP contribution < -0.4 is 10.6 Å². The summed E-state index contributed by atoms with van der Waals surface area (Å²) in [5.74, 6) is -0.437. The molecule has 2 aromatic rings. The number of nitrogens with one attached hydrogen (secondary N) is 2. The van der Waals surface area contributed by atoms with Crippen LogP contribution >= 0.6 is 11.8 Å². The minimum atomic E-state index is -0.623. The van der Waals surface area contributed by atoms with Gasteiger partial charge in [0.2, 0.25) is 11.8 Å². The van der Waals surface area contributed by atoms with E-state index >= 15 is 0 Å². The van der Waals surface area contributed by atoms with Crippen molar-refractivity contribution in [3.8, 4) is 0 Å². The van der Waals surface area contributed by atoms with Gasteiger partial charge in [-0.25, -0.2) is 0 Å². The molecule has 0 heterocycles. The van der Waals surface area contributed by atoms with Gasteiger partial charge in [0.05, 0.1) is 30.0 Å². The van der Waals surface area contributed by atoms with E-state index in [2.05, 4.69) is 35.9 Å². The van der Waals surface area contributed by atoms with Gasteiger partial charge in [0, 0.05) is 17.9 Å². The number of rotatable bonds is 21. The van der Waals surface area contributed by atoms with E-state index in [0.717, 1.165) is 49.8 Å². The summed E-state index contributed by atoms with van der Waals surface area (Å²) in [6, 6.07) is 19.6. The molecule has 0 spiro atoms. The van der Waals surface area contributed by atoms with Crippen molar-refractivity contribution < 1.29 is 24.2 Å². The molecule has 1 saturated carbocycles. The van der Waals surface area contributed by atoms with Gasteiger partial charge in [0.1, 0.15) is 6.61 Å². The Morgan fingerprint density at radius 3 is 2.24 bits per heavy atom. The third-order valence-corrected chi connectivity index (χ3v) is 9.52. The Kier molecular flexibility index (Phi) is 16.0. The second kappa shape index (κ2) is 19.9. The summed E-state index contributed by atoms with van der Waals surface area (Å²) in [7, 11) is 0. The monoisotopic (exact) mass is 634 g/mol. The summed E-state index contributed by atoms with van der Waals surface area (Å²) < 4.78 is 5.89. The number of allylic oxidation sites excluding steroid dienone is 2. The smallest absolute Gasteiger partial charge is 0.309 e. The van der Waals surface area contributed by atoms with Crippen LogP contribution in [-0.2, 0) is 31.3 Å². The van der Waals surface area contributed by atoms with Crippen molar-refractivity contribution in [1.82, 2.24) is 10.6 Å². The number of esters is 1. The van der Waals surface area contributed by atoms with Crippen molar-refractivity contribution in [3.63, 3.8) is 0 Å². The number of aliphatic hydroxyl groups is 1. The molecule has 0 aromatic heterocycles. The average molecular weight is 635 g/mol. The van der Waals surface area contributed by atoms with Gasteiger partial charge in [-0.1, -0.05) is 85.7 Å². The Morgan fingerprint density at radius 2 is 1.62 bits per heavy atom. The zero-order chi connectivity index (χ0) is 32.3. The number of hydrogen-bond donors (Lipinski definition) is 3. The Bertz CT molecular complexity index is 1200. The topological polar surface area (TPSA) is 105 Å². The highest BCUT2D eigenvalue weighted by atomic mass is 32.2. The standard InChI is InChI=1S/C37H50N2O5S/c1-3-5-8-20-32(23-29-16-9-6-10-17-29)36(43)44-25-33(27-45-26-30-18-11-7-12-19-30)38-35(42)31(15-4-2)24-34(41)39-37(28-40)21-13-14-22-37/h3-4,6-7,9-12,16-19,31-33,40H,1-2,5,8,13-15,20-28H2,(H,38,42)(H,39,41)/t31-,32-,33-/m1/s1. The van der Waals surface area contributed by atoms with Crippen LogP contribution in [0.3, 0.4) is 0 Å². The van der Waals surface area contributed by atoms with Crippen LogP contribution in [-0.4, -0.2) is 53.4 Å². The van der Waals surface area contributed by atoms with Gasteiger partial charge >= 0.3 is 5.97 Å². The Balaban J connectivity index is 1.66. The fourth-order valence-electron chi connectivity index (χ4n) is 5.78. The first-order valence-corrected chi connectivity index (χ1v) is 17.3. The predicted molar refractivity (Wildman–Crippen MR) is 183 cm³/mol. The lowest BCUT2D eigenvalue weighted by Gasteiger charge is -2.29. The molecule has 45 heavy (non-hydrogen) atoms. The molecular weight excluding hydrogens is 584 g/mol. The predicted octanol–water partition coefficient (Wildman–Crippen LogP) is 6.17. The number of thioether (sulfide) groups is 1. The van der Waals surface area contributed by atoms with E-state index in [0.29, 0.717) is 25.0 Å². The Labute approximate surface area is 273 Å². The van der Waals surface area contributed by atoms with Crippen LogP contribution in [0.5, 0.6) is 0 Å². The lowest BCUT2D eigenvalue weighted by molar-refractivity contribution is -0.150. The van der Waals surface area contributed by atoms with Crippen molar-refractivity contribution in [2.45, 2.75) is 81.5 Å². The van der Waals surface area contributed by atoms with Crippen LogP contribution in [0.25, 0.3) is 0 Å². The van der Waals surface area contributed by atoms with Gasteiger partial charge in [0.15, 0.2) is 0 Å². The van der Waals surface area contributed by atoms with Gasteiger partial charge in [-0.05, 0) is 56.1 Å². The van der Waals surface area contributed by atoms with Crippen molar-refractivity contribution in [3.05, 3.63) is 97.1 Å². The maximum atomic E-state index is 13.5. The first-order chi connectivity index (χ1) is 21.9. The molecule has 0 bridgehead atoms. The summed E-state index contributed by atoms with van der Waals surface area (Å²) in [5.41, 5.74) is 1.65. The number of aliphatic hydroxyl groups excluding tert-OH is 1. The van der Waals surface area contributed by atoms with Crippen LogP contribution in [0.4, 0.5) is 0 Å². The number of amides is 2. The normalized spacial score (nSPS) is 15.8. The minimum Gasteiger partial charge on any atom is -0.463 e. The van der Waals surface area contributed by atoms with E-state index < -0.39 is 17.5 Å². The van der Waals surface area contributed by atoms with Gasteiger partial charge in [-0.15, -0.1) is 13.2 Å². The fraction of sp³-hybridized carbons (Fsp3) is 0.486. The SMILES string of the molecule is C=CCCC[C@H](Cc1ccccc1)C(=O)OC[C@H](CSCc1ccccc1)NC(=O)[C@H](CC=C)CC(=O)NC1(CO)CCCC1. The van der Waals surface area contributed by atoms with Gasteiger partial charge < -0.3 is 20.5 Å². The molecule has 3 rings (SSSR count). The molecule has 0 unspecified atom stereocenters. The van der Waals surface area contributed by atoms with Gasteiger partial charge in [0.25, 0.3) is 0 Å². The third-order valence-electron chi connectivity index (χ3n) is 8.34. The zero-order valence-electron chi connectivity index (χ0n) is 26.5. The summed E-state index contributed by atoms with van der Waals surface area (Å²) in [6.07, 6.45) is 10.1. The first kappa shape index (κ1) is 36.1. The van der Waals surface area contributed by atoms with Crippen molar-refractivity contribution >= 4 is 29.5 Å². The van der Waals surface area contributed by atoms with Gasteiger partial charge in [-0.3, -0.25) is 14.4 Å². The number of carbonyl (C=O) groups excluding carboxylic acids is 3. The fourth-order valence-corrected chi connectivity index (χ4v) is 6.79. The summed E-state index contributed by atoms with van der Waals surface area (Å²) >= 11 is 1.65. The third kappa shape index (κ3) is 12.9. The number of hydrogen-bond acceptors (Lipinski definition) is 6. The molecule has 1 fully saturated rings. The molecule has 2 amide bonds. The van der Waals surface area contributed by atoms with Crippen LogP contribution in [0, 0.1) is 11.8 Å². The van der Waals surface area contributed by atoms with E-state index in [1.54, 1.807) is 17.8 Å². The zero-order valence-corrected chi connectivity index (χ0v) is 27.3. The maximum Gasteiger partial charge on any atom is 0.309 e. The van der Waals surface area contributed by atoms with Crippen molar-refractivity contribution in [2.75, 3.05) is 19.0 Å². The maximum absolute atomic E-state index is 13.5. The van der Waals surface area contributed by atoms with Crippen molar-refractivity contribution in [2.24, 2.45) is 11.8 Å². The molecule has 3 atom stereocenters. The van der Waals surface area contributed by atoms with E-state index in [4.69, 9.17) is 4.74 Å². The minimum absolute atomic E-state index is 0.00821. The van der Waals surface area contributed by atoms with E-state index in [9.17, 15) is 19.5 Å². The quantitative estimate of drug-likeness (QED) is 0.0863. The summed E-state index contributed by atoms with van der Waals surface area (Å²) in [5, 5.41) is 16.0. The van der Waals surface area contributed by atoms with E-state index in [1.165, 1.54) is 5.56 Å². The number of benzene rings is 2. The lowest BCUT2D eigenvalue weighted by Crippen LogP contribution is -2.50. The largest absolute Gasteiger partial charge is 0.463 e. The molecule has 7 nitrogen and oxygen atoms in total. The Morgan fingerprint density at radius 1 is 0.956 bits per heavy atom. The second-order valence-corrected chi connectivity index (χ2v) is 13.1. The van der Waals surface area contributed by atoms with Crippen LogP contribution in [0.15, 0.2) is 86.0 Å². The van der Waals surface area contributed by atoms with Crippen LogP contribution in [0.1, 0.15) is 68.9 Å². The van der Waals surface area contributed by atoms with E-state index in [1.807, 2.05) is 54.6 Å². The highest BCUT2D eigenvalue weighted by Gasteiger charge is 2.35. The molecule has 8 heteroatoms. The van der Waals surface area contributed by atoms with Crippen LogP contribution in [0.2, 0.25) is 0 Å². The van der Waals surface area contributed by atoms with Crippen molar-refractivity contribution in [1.29, 1.82) is 0 Å². The molecule has 1 aliphatic carbocycles. The number of unbranched alkanes of at least 4 members (excludes halogenated alkanes) is 1.